The Morgan fingerprint density at radius 1 is 0.871 bits per heavy atom. The summed E-state index contributed by atoms with van der Waals surface area (Å²) in [6.45, 7) is 1.53. The van der Waals surface area contributed by atoms with Crippen LogP contribution in [0.1, 0.15) is 29.5 Å². The van der Waals surface area contributed by atoms with Gasteiger partial charge >= 0.3 is 0 Å². The third-order valence-corrected chi connectivity index (χ3v) is 5.38. The van der Waals surface area contributed by atoms with Gasteiger partial charge in [0.1, 0.15) is 0 Å². The van der Waals surface area contributed by atoms with E-state index in [9.17, 15) is 9.59 Å². The summed E-state index contributed by atoms with van der Waals surface area (Å²) >= 11 is 11.9. The molecule has 0 spiro atoms. The van der Waals surface area contributed by atoms with Crippen LogP contribution in [0.3, 0.4) is 0 Å². The second kappa shape index (κ2) is 10.8. The highest BCUT2D eigenvalue weighted by Crippen LogP contribution is 2.25. The van der Waals surface area contributed by atoms with Gasteiger partial charge in [-0.2, -0.15) is 5.10 Å². The average molecular weight is 454 g/mol. The molecule has 0 aromatic heterocycles. The first-order valence-corrected chi connectivity index (χ1v) is 10.4. The lowest BCUT2D eigenvalue weighted by molar-refractivity contribution is -0.126. The SMILES string of the molecule is C/C(=N\NC(=O)CNC(=O)C(c1ccccc1)c1ccccc1)c1ccc(Cl)c(Cl)c1. The number of hydrogen-bond donors (Lipinski definition) is 2. The molecule has 0 unspecified atom stereocenters. The zero-order valence-electron chi connectivity index (χ0n) is 16.8. The van der Waals surface area contributed by atoms with Crippen LogP contribution < -0.4 is 10.7 Å². The van der Waals surface area contributed by atoms with Gasteiger partial charge < -0.3 is 5.32 Å². The molecule has 3 aromatic rings. The number of hydrazone groups is 1. The Kier molecular flexibility index (Phi) is 7.82. The van der Waals surface area contributed by atoms with Crippen molar-refractivity contribution >= 4 is 40.7 Å². The molecule has 0 radical (unpaired) electrons. The van der Waals surface area contributed by atoms with Gasteiger partial charge in [0.15, 0.2) is 0 Å². The molecule has 0 heterocycles. The number of carbonyl (C=O) groups excluding carboxylic acids is 2. The molecule has 0 aliphatic carbocycles. The maximum absolute atomic E-state index is 12.9. The third-order valence-electron chi connectivity index (χ3n) is 4.64. The van der Waals surface area contributed by atoms with E-state index in [1.165, 1.54) is 0 Å². The van der Waals surface area contributed by atoms with E-state index < -0.39 is 11.8 Å². The fourth-order valence-corrected chi connectivity index (χ4v) is 3.33. The molecule has 2 N–H and O–H groups in total. The van der Waals surface area contributed by atoms with Crippen molar-refractivity contribution in [3.8, 4) is 0 Å². The van der Waals surface area contributed by atoms with E-state index in [-0.39, 0.29) is 12.5 Å². The zero-order chi connectivity index (χ0) is 22.2. The summed E-state index contributed by atoms with van der Waals surface area (Å²) in [4.78, 5) is 25.1. The Morgan fingerprint density at radius 2 is 1.45 bits per heavy atom. The van der Waals surface area contributed by atoms with Crippen molar-refractivity contribution in [1.82, 2.24) is 10.7 Å². The molecule has 3 aromatic carbocycles. The molecule has 0 fully saturated rings. The summed E-state index contributed by atoms with van der Waals surface area (Å²) in [7, 11) is 0. The summed E-state index contributed by atoms with van der Waals surface area (Å²) < 4.78 is 0. The number of halogens is 2. The number of nitrogens with zero attached hydrogens (tertiary/aromatic N) is 1. The number of nitrogens with one attached hydrogen (secondary N) is 2. The molecular formula is C24H21Cl2N3O2. The second-order valence-electron chi connectivity index (χ2n) is 6.83. The quantitative estimate of drug-likeness (QED) is 0.399. The van der Waals surface area contributed by atoms with E-state index in [0.29, 0.717) is 15.8 Å². The van der Waals surface area contributed by atoms with Crippen LogP contribution >= 0.6 is 23.2 Å². The molecule has 5 nitrogen and oxygen atoms in total. The normalized spacial score (nSPS) is 11.3. The molecule has 3 rings (SSSR count). The van der Waals surface area contributed by atoms with Gasteiger partial charge in [-0.05, 0) is 35.7 Å². The molecule has 7 heteroatoms. The van der Waals surface area contributed by atoms with Crippen molar-refractivity contribution < 1.29 is 9.59 Å². The predicted molar refractivity (Wildman–Crippen MR) is 125 cm³/mol. The smallest absolute Gasteiger partial charge is 0.259 e. The second-order valence-corrected chi connectivity index (χ2v) is 7.65. The van der Waals surface area contributed by atoms with Gasteiger partial charge in [-0.25, -0.2) is 5.43 Å². The number of rotatable bonds is 7. The summed E-state index contributed by atoms with van der Waals surface area (Å²) in [6, 6.07) is 24.0. The average Bonchev–Trinajstić information content (AvgIpc) is 2.79. The lowest BCUT2D eigenvalue weighted by atomic mass is 9.90. The summed E-state index contributed by atoms with van der Waals surface area (Å²) in [5, 5.41) is 7.61. The van der Waals surface area contributed by atoms with Gasteiger partial charge in [-0.3, -0.25) is 9.59 Å². The van der Waals surface area contributed by atoms with Crippen LogP contribution in [0.2, 0.25) is 10.0 Å². The highest BCUT2D eigenvalue weighted by Gasteiger charge is 2.22. The van der Waals surface area contributed by atoms with Crippen LogP contribution in [-0.2, 0) is 9.59 Å². The van der Waals surface area contributed by atoms with Crippen molar-refractivity contribution in [3.63, 3.8) is 0 Å². The first kappa shape index (κ1) is 22.5. The Bertz CT molecular complexity index is 1050. The number of amides is 2. The van der Waals surface area contributed by atoms with E-state index >= 15 is 0 Å². The number of benzene rings is 3. The Labute approximate surface area is 191 Å². The minimum Gasteiger partial charge on any atom is -0.346 e. The van der Waals surface area contributed by atoms with E-state index in [2.05, 4.69) is 15.8 Å². The molecule has 158 valence electrons. The van der Waals surface area contributed by atoms with E-state index in [1.54, 1.807) is 25.1 Å². The Hall–Kier alpha value is -3.15. The van der Waals surface area contributed by atoms with Crippen molar-refractivity contribution in [3.05, 3.63) is 106 Å². The fraction of sp³-hybridized carbons (Fsp3) is 0.125. The van der Waals surface area contributed by atoms with Gasteiger partial charge in [-0.15, -0.1) is 0 Å². The predicted octanol–water partition coefficient (Wildman–Crippen LogP) is 4.78. The van der Waals surface area contributed by atoms with Gasteiger partial charge in [0, 0.05) is 0 Å². The van der Waals surface area contributed by atoms with Crippen LogP contribution in [0.15, 0.2) is 84.0 Å². The molecule has 0 bridgehead atoms. The van der Waals surface area contributed by atoms with Gasteiger partial charge in [-0.1, -0.05) is 89.9 Å². The number of carbonyl (C=O) groups is 2. The summed E-state index contributed by atoms with van der Waals surface area (Å²) in [6.07, 6.45) is 0. The zero-order valence-corrected chi connectivity index (χ0v) is 18.3. The van der Waals surface area contributed by atoms with Crippen LogP contribution in [0.25, 0.3) is 0 Å². The molecule has 31 heavy (non-hydrogen) atoms. The highest BCUT2D eigenvalue weighted by molar-refractivity contribution is 6.42. The Morgan fingerprint density at radius 3 is 2.00 bits per heavy atom. The maximum atomic E-state index is 12.9. The minimum atomic E-state index is -0.517. The highest BCUT2D eigenvalue weighted by atomic mass is 35.5. The first-order valence-electron chi connectivity index (χ1n) is 9.62. The van der Waals surface area contributed by atoms with Crippen LogP contribution in [0.5, 0.6) is 0 Å². The molecule has 0 saturated heterocycles. The Balaban J connectivity index is 1.64. The van der Waals surface area contributed by atoms with Gasteiger partial charge in [0.25, 0.3) is 5.91 Å². The van der Waals surface area contributed by atoms with E-state index in [1.807, 2.05) is 60.7 Å². The van der Waals surface area contributed by atoms with Crippen molar-refractivity contribution in [2.24, 2.45) is 5.10 Å². The van der Waals surface area contributed by atoms with Gasteiger partial charge in [0.2, 0.25) is 5.91 Å². The lowest BCUT2D eigenvalue weighted by Crippen LogP contribution is -2.38. The van der Waals surface area contributed by atoms with Crippen LogP contribution in [0, 0.1) is 0 Å². The molecule has 0 atom stereocenters. The first-order chi connectivity index (χ1) is 15.0. The standard InChI is InChI=1S/C24H21Cl2N3O2/c1-16(19-12-13-20(25)21(26)14-19)28-29-22(30)15-27-24(31)23(17-8-4-2-5-9-17)18-10-6-3-7-11-18/h2-14,23H,15H2,1H3,(H,27,31)(H,29,30)/b28-16+. The van der Waals surface area contributed by atoms with Crippen LogP contribution in [-0.4, -0.2) is 24.1 Å². The summed E-state index contributed by atoms with van der Waals surface area (Å²) in [5.41, 5.74) is 5.43. The molecule has 0 aliphatic rings. The maximum Gasteiger partial charge on any atom is 0.259 e. The van der Waals surface area contributed by atoms with Crippen LogP contribution in [0.4, 0.5) is 0 Å². The topological polar surface area (TPSA) is 70.6 Å². The minimum absolute atomic E-state index is 0.201. The molecule has 0 aliphatic heterocycles. The van der Waals surface area contributed by atoms with Crippen molar-refractivity contribution in [2.75, 3.05) is 6.54 Å². The van der Waals surface area contributed by atoms with E-state index in [0.717, 1.165) is 16.7 Å². The lowest BCUT2D eigenvalue weighted by Gasteiger charge is -2.17. The third kappa shape index (κ3) is 6.17. The fourth-order valence-electron chi connectivity index (χ4n) is 3.03. The largest absolute Gasteiger partial charge is 0.346 e. The van der Waals surface area contributed by atoms with Crippen molar-refractivity contribution in [1.29, 1.82) is 0 Å². The monoisotopic (exact) mass is 453 g/mol. The van der Waals surface area contributed by atoms with E-state index in [4.69, 9.17) is 23.2 Å². The number of hydrogen-bond acceptors (Lipinski definition) is 3. The summed E-state index contributed by atoms with van der Waals surface area (Å²) in [5.74, 6) is -1.22. The molecule has 2 amide bonds. The van der Waals surface area contributed by atoms with Gasteiger partial charge in [0.05, 0.1) is 28.2 Å². The molecule has 0 saturated carbocycles. The molecular weight excluding hydrogens is 433 g/mol. The van der Waals surface area contributed by atoms with Crippen molar-refractivity contribution in [2.45, 2.75) is 12.8 Å².